The van der Waals surface area contributed by atoms with Crippen molar-refractivity contribution in [2.45, 2.75) is 0 Å². The minimum Gasteiger partial charge on any atom is -0.508 e. The molecule has 3 rings (SSSR count). The van der Waals surface area contributed by atoms with Gasteiger partial charge in [-0.2, -0.15) is 5.26 Å². The van der Waals surface area contributed by atoms with Crippen LogP contribution < -0.4 is 5.32 Å². The van der Waals surface area contributed by atoms with Gasteiger partial charge >= 0.3 is 5.97 Å². The fourth-order valence-electron chi connectivity index (χ4n) is 2.32. The first-order valence-corrected chi connectivity index (χ1v) is 8.79. The van der Waals surface area contributed by atoms with E-state index in [0.717, 1.165) is 11.1 Å². The minimum atomic E-state index is -0.617. The molecule has 0 saturated carbocycles. The predicted octanol–water partition coefficient (Wildman–Crippen LogP) is 3.79. The molecule has 134 valence electrons. The Bertz CT molecular complexity index is 1000. The molecule has 1 amide bonds. The Morgan fingerprint density at radius 1 is 1.04 bits per heavy atom. The van der Waals surface area contributed by atoms with Crippen LogP contribution in [-0.2, 0) is 9.53 Å². The number of aromatic hydroxyl groups is 1. The van der Waals surface area contributed by atoms with Gasteiger partial charge in [-0.25, -0.2) is 4.79 Å². The van der Waals surface area contributed by atoms with Gasteiger partial charge < -0.3 is 15.2 Å². The van der Waals surface area contributed by atoms with Crippen LogP contribution in [-0.4, -0.2) is 23.6 Å². The number of thiophene rings is 1. The second-order valence-electron chi connectivity index (χ2n) is 5.52. The molecule has 0 aliphatic carbocycles. The lowest BCUT2D eigenvalue weighted by molar-refractivity contribution is -0.119. The first kappa shape index (κ1) is 18.2. The largest absolute Gasteiger partial charge is 0.508 e. The van der Waals surface area contributed by atoms with Gasteiger partial charge in [-0.05, 0) is 46.8 Å². The number of hydrogen-bond acceptors (Lipinski definition) is 6. The van der Waals surface area contributed by atoms with Crippen LogP contribution in [0, 0.1) is 11.3 Å². The molecule has 3 aromatic rings. The van der Waals surface area contributed by atoms with Gasteiger partial charge in [0.1, 0.15) is 16.8 Å². The number of carbonyl (C=O) groups excluding carboxylic acids is 2. The summed E-state index contributed by atoms with van der Waals surface area (Å²) in [6.45, 7) is -0.443. The number of benzene rings is 2. The van der Waals surface area contributed by atoms with Crippen molar-refractivity contribution in [2.24, 2.45) is 0 Å². The third kappa shape index (κ3) is 4.51. The molecule has 2 N–H and O–H groups in total. The second kappa shape index (κ2) is 8.17. The van der Waals surface area contributed by atoms with E-state index in [1.54, 1.807) is 60.0 Å². The van der Waals surface area contributed by atoms with E-state index in [9.17, 15) is 14.7 Å². The summed E-state index contributed by atoms with van der Waals surface area (Å²) in [5.41, 5.74) is 2.46. The van der Waals surface area contributed by atoms with Gasteiger partial charge in [-0.3, -0.25) is 4.79 Å². The summed E-state index contributed by atoms with van der Waals surface area (Å²) in [6.07, 6.45) is 0. The number of amides is 1. The van der Waals surface area contributed by atoms with Crippen molar-refractivity contribution < 1.29 is 19.4 Å². The molecule has 1 aromatic heterocycles. The number of ether oxygens (including phenoxy) is 1. The summed E-state index contributed by atoms with van der Waals surface area (Å²) in [5, 5.41) is 22.9. The number of phenolic OH excluding ortho intramolecular Hbond substituents is 1. The first-order valence-electron chi connectivity index (χ1n) is 7.91. The summed E-state index contributed by atoms with van der Waals surface area (Å²) in [6, 6.07) is 17.0. The molecule has 7 heteroatoms. The Morgan fingerprint density at radius 2 is 1.67 bits per heavy atom. The van der Waals surface area contributed by atoms with Gasteiger partial charge in [0.2, 0.25) is 0 Å². The Morgan fingerprint density at radius 3 is 2.30 bits per heavy atom. The smallest absolute Gasteiger partial charge is 0.338 e. The van der Waals surface area contributed by atoms with Gasteiger partial charge in [0.05, 0.1) is 11.1 Å². The van der Waals surface area contributed by atoms with Crippen LogP contribution in [0.2, 0.25) is 0 Å². The second-order valence-corrected chi connectivity index (χ2v) is 6.44. The Kier molecular flexibility index (Phi) is 5.50. The number of nitriles is 1. The molecule has 1 heterocycles. The van der Waals surface area contributed by atoms with Crippen molar-refractivity contribution >= 4 is 28.2 Å². The van der Waals surface area contributed by atoms with Crippen LogP contribution in [0.5, 0.6) is 5.75 Å². The fraction of sp³-hybridized carbons (Fsp3) is 0.0500. The average molecular weight is 378 g/mol. The third-order valence-electron chi connectivity index (χ3n) is 3.69. The molecule has 27 heavy (non-hydrogen) atoms. The number of hydrogen-bond donors (Lipinski definition) is 2. The van der Waals surface area contributed by atoms with Gasteiger partial charge in [-0.1, -0.05) is 24.3 Å². The molecule has 0 fully saturated rings. The first-order chi connectivity index (χ1) is 13.1. The van der Waals surface area contributed by atoms with Crippen LogP contribution in [0.4, 0.5) is 5.00 Å². The maximum Gasteiger partial charge on any atom is 0.338 e. The van der Waals surface area contributed by atoms with Gasteiger partial charge in [-0.15, -0.1) is 11.3 Å². The molecule has 0 bridgehead atoms. The van der Waals surface area contributed by atoms with Gasteiger partial charge in [0, 0.05) is 0 Å². The average Bonchev–Trinajstić information content (AvgIpc) is 3.14. The van der Waals surface area contributed by atoms with E-state index in [1.807, 2.05) is 6.07 Å². The van der Waals surface area contributed by atoms with E-state index >= 15 is 0 Å². The predicted molar refractivity (Wildman–Crippen MR) is 101 cm³/mol. The van der Waals surface area contributed by atoms with Crippen molar-refractivity contribution in [2.75, 3.05) is 11.9 Å². The van der Waals surface area contributed by atoms with Crippen molar-refractivity contribution in [3.8, 4) is 22.9 Å². The van der Waals surface area contributed by atoms with E-state index in [2.05, 4.69) is 5.32 Å². The Hall–Kier alpha value is -3.63. The fourth-order valence-corrected chi connectivity index (χ4v) is 3.08. The molecular weight excluding hydrogens is 364 g/mol. The van der Waals surface area contributed by atoms with Crippen LogP contribution in [0.15, 0.2) is 60.0 Å². The van der Waals surface area contributed by atoms with Crippen LogP contribution in [0.1, 0.15) is 15.9 Å². The van der Waals surface area contributed by atoms with Crippen molar-refractivity contribution in [3.05, 3.63) is 71.1 Å². The molecule has 2 aromatic carbocycles. The quantitative estimate of drug-likeness (QED) is 0.658. The highest BCUT2D eigenvalue weighted by atomic mass is 32.1. The van der Waals surface area contributed by atoms with Crippen molar-refractivity contribution in [1.82, 2.24) is 0 Å². The van der Waals surface area contributed by atoms with Gasteiger partial charge in [0.15, 0.2) is 6.61 Å². The zero-order valence-electron chi connectivity index (χ0n) is 14.0. The lowest BCUT2D eigenvalue weighted by atomic mass is 10.0. The van der Waals surface area contributed by atoms with E-state index in [1.165, 1.54) is 11.3 Å². The van der Waals surface area contributed by atoms with E-state index in [0.29, 0.717) is 16.1 Å². The monoisotopic (exact) mass is 378 g/mol. The Labute approximate surface area is 159 Å². The molecule has 0 aliphatic rings. The maximum atomic E-state index is 12.1. The van der Waals surface area contributed by atoms with E-state index in [4.69, 9.17) is 10.00 Å². The number of nitrogens with one attached hydrogen (secondary N) is 1. The lowest BCUT2D eigenvalue weighted by Gasteiger charge is -2.07. The summed E-state index contributed by atoms with van der Waals surface area (Å²) in [4.78, 5) is 24.0. The minimum absolute atomic E-state index is 0.182. The molecular formula is C20H14N2O4S. The van der Waals surface area contributed by atoms with Crippen LogP contribution in [0.3, 0.4) is 0 Å². The number of esters is 1. The molecule has 0 aliphatic heterocycles. The Balaban J connectivity index is 1.57. The number of carbonyl (C=O) groups is 2. The number of nitrogens with zero attached hydrogens (tertiary/aromatic N) is 1. The van der Waals surface area contributed by atoms with Crippen LogP contribution in [0.25, 0.3) is 11.1 Å². The molecule has 0 atom stereocenters. The SMILES string of the molecule is N#Cc1ccsc1NC(=O)COC(=O)c1ccc(-c2ccc(O)cc2)cc1. The topological polar surface area (TPSA) is 99.4 Å². The molecule has 0 saturated heterocycles. The zero-order valence-corrected chi connectivity index (χ0v) is 14.8. The van der Waals surface area contributed by atoms with Gasteiger partial charge in [0.25, 0.3) is 5.91 Å². The molecule has 0 unspecified atom stereocenters. The number of rotatable bonds is 5. The number of anilines is 1. The highest BCUT2D eigenvalue weighted by Crippen LogP contribution is 2.23. The molecule has 0 spiro atoms. The molecule has 0 radical (unpaired) electrons. The normalized spacial score (nSPS) is 10.0. The third-order valence-corrected chi connectivity index (χ3v) is 4.52. The van der Waals surface area contributed by atoms with E-state index < -0.39 is 18.5 Å². The van der Waals surface area contributed by atoms with Crippen LogP contribution >= 0.6 is 11.3 Å². The number of phenols is 1. The highest BCUT2D eigenvalue weighted by molar-refractivity contribution is 7.14. The van der Waals surface area contributed by atoms with Crippen molar-refractivity contribution in [1.29, 1.82) is 5.26 Å². The summed E-state index contributed by atoms with van der Waals surface area (Å²) in [5.74, 6) is -0.946. The summed E-state index contributed by atoms with van der Waals surface area (Å²) >= 11 is 1.22. The highest BCUT2D eigenvalue weighted by Gasteiger charge is 2.12. The maximum absolute atomic E-state index is 12.1. The van der Waals surface area contributed by atoms with E-state index in [-0.39, 0.29) is 5.75 Å². The summed E-state index contributed by atoms with van der Waals surface area (Å²) in [7, 11) is 0. The zero-order chi connectivity index (χ0) is 19.2. The summed E-state index contributed by atoms with van der Waals surface area (Å²) < 4.78 is 5.01. The lowest BCUT2D eigenvalue weighted by Crippen LogP contribution is -2.20. The standard InChI is InChI=1S/C20H14N2O4S/c21-11-16-9-10-27-19(16)22-18(24)12-26-20(25)15-3-1-13(2-4-15)14-5-7-17(23)8-6-14/h1-10,23H,12H2,(H,22,24). The molecule has 6 nitrogen and oxygen atoms in total. The van der Waals surface area contributed by atoms with Crippen molar-refractivity contribution in [3.63, 3.8) is 0 Å².